The van der Waals surface area contributed by atoms with Crippen molar-refractivity contribution in [3.63, 3.8) is 0 Å². The summed E-state index contributed by atoms with van der Waals surface area (Å²) in [4.78, 5) is 0. The number of nitrogens with one attached hydrogen (secondary N) is 1. The van der Waals surface area contributed by atoms with Crippen LogP contribution in [0.1, 0.15) is 50.6 Å². The average Bonchev–Trinajstić information content (AvgIpc) is 2.44. The van der Waals surface area contributed by atoms with E-state index in [4.69, 9.17) is 0 Å². The van der Waals surface area contributed by atoms with Gasteiger partial charge >= 0.3 is 0 Å². The third-order valence-electron chi connectivity index (χ3n) is 4.50. The summed E-state index contributed by atoms with van der Waals surface area (Å²) < 4.78 is 14.8. The first-order chi connectivity index (χ1) is 9.17. The first-order valence-corrected chi connectivity index (χ1v) is 8.07. The quantitative estimate of drug-likeness (QED) is 0.814. The number of hydrogen-bond donors (Lipinski definition) is 1. The Bertz CT molecular complexity index is 421. The predicted molar refractivity (Wildman–Crippen MR) is 81.6 cm³/mol. The van der Waals surface area contributed by atoms with Gasteiger partial charge in [0.1, 0.15) is 5.82 Å². The van der Waals surface area contributed by atoms with Gasteiger partial charge < -0.3 is 5.32 Å². The lowest BCUT2D eigenvalue weighted by Crippen LogP contribution is -2.30. The Morgan fingerprint density at radius 2 is 2.21 bits per heavy atom. The van der Waals surface area contributed by atoms with E-state index in [2.05, 4.69) is 28.2 Å². The molecule has 3 unspecified atom stereocenters. The molecule has 0 heterocycles. The van der Waals surface area contributed by atoms with Crippen LogP contribution in [0.5, 0.6) is 0 Å². The molecule has 1 aromatic carbocycles. The topological polar surface area (TPSA) is 12.0 Å². The van der Waals surface area contributed by atoms with Crippen molar-refractivity contribution in [1.29, 1.82) is 0 Å². The van der Waals surface area contributed by atoms with E-state index in [9.17, 15) is 4.39 Å². The van der Waals surface area contributed by atoms with Gasteiger partial charge in [-0.05, 0) is 53.7 Å². The van der Waals surface area contributed by atoms with Crippen LogP contribution in [0.15, 0.2) is 22.7 Å². The molecule has 1 aliphatic rings. The summed E-state index contributed by atoms with van der Waals surface area (Å²) in [6, 6.07) is 5.73. The van der Waals surface area contributed by atoms with Crippen molar-refractivity contribution in [2.45, 2.75) is 45.1 Å². The van der Waals surface area contributed by atoms with Crippen molar-refractivity contribution < 1.29 is 4.39 Å². The van der Waals surface area contributed by atoms with Gasteiger partial charge in [0.25, 0.3) is 0 Å². The molecule has 2 rings (SSSR count). The minimum atomic E-state index is -0.111. The van der Waals surface area contributed by atoms with Gasteiger partial charge in [-0.15, -0.1) is 0 Å². The molecule has 0 spiro atoms. The Labute approximate surface area is 124 Å². The van der Waals surface area contributed by atoms with Crippen molar-refractivity contribution in [2.75, 3.05) is 7.05 Å². The lowest BCUT2D eigenvalue weighted by molar-refractivity contribution is 0.212. The minimum Gasteiger partial charge on any atom is -0.313 e. The van der Waals surface area contributed by atoms with Crippen molar-refractivity contribution in [1.82, 2.24) is 5.32 Å². The zero-order chi connectivity index (χ0) is 13.8. The van der Waals surface area contributed by atoms with Crippen molar-refractivity contribution in [2.24, 2.45) is 11.8 Å². The summed E-state index contributed by atoms with van der Waals surface area (Å²) in [6.45, 7) is 2.26. The molecule has 1 aromatic rings. The molecule has 0 radical (unpaired) electrons. The maximum atomic E-state index is 14.3. The fourth-order valence-electron chi connectivity index (χ4n) is 3.41. The minimum absolute atomic E-state index is 0.111. The molecule has 1 fully saturated rings. The van der Waals surface area contributed by atoms with E-state index < -0.39 is 0 Å². The zero-order valence-corrected chi connectivity index (χ0v) is 13.3. The van der Waals surface area contributed by atoms with Crippen molar-refractivity contribution >= 4 is 15.9 Å². The monoisotopic (exact) mass is 327 g/mol. The van der Waals surface area contributed by atoms with Gasteiger partial charge in [-0.1, -0.05) is 38.3 Å². The van der Waals surface area contributed by atoms with Crippen LogP contribution in [0.25, 0.3) is 0 Å². The summed E-state index contributed by atoms with van der Waals surface area (Å²) >= 11 is 3.29. The van der Waals surface area contributed by atoms with Gasteiger partial charge in [0, 0.05) is 11.6 Å². The SMILES string of the molecule is CCC1CCCC(C(NC)c2cccc(Br)c2F)C1. The maximum Gasteiger partial charge on any atom is 0.142 e. The van der Waals surface area contributed by atoms with Gasteiger partial charge in [0.05, 0.1) is 4.47 Å². The molecule has 3 heteroatoms. The smallest absolute Gasteiger partial charge is 0.142 e. The maximum absolute atomic E-state index is 14.3. The van der Waals surface area contributed by atoms with Crippen LogP contribution in [0.2, 0.25) is 0 Å². The van der Waals surface area contributed by atoms with E-state index in [0.29, 0.717) is 10.4 Å². The normalized spacial score (nSPS) is 25.3. The van der Waals surface area contributed by atoms with Crippen molar-refractivity contribution in [3.05, 3.63) is 34.1 Å². The highest BCUT2D eigenvalue weighted by molar-refractivity contribution is 9.10. The van der Waals surface area contributed by atoms with Gasteiger partial charge in [-0.25, -0.2) is 4.39 Å². The molecule has 0 aromatic heterocycles. The fourth-order valence-corrected chi connectivity index (χ4v) is 3.79. The standard InChI is InChI=1S/C16H23BrFN/c1-3-11-6-4-7-12(10-11)16(19-2)13-8-5-9-14(17)15(13)18/h5,8-9,11-12,16,19H,3-4,6-7,10H2,1-2H3. The molecule has 106 valence electrons. The summed E-state index contributed by atoms with van der Waals surface area (Å²) in [7, 11) is 1.95. The molecular formula is C16H23BrFN. The average molecular weight is 328 g/mol. The Kier molecular flexibility index (Phi) is 5.40. The van der Waals surface area contributed by atoms with Crippen LogP contribution in [0, 0.1) is 17.7 Å². The highest BCUT2D eigenvalue weighted by Crippen LogP contribution is 2.39. The molecule has 1 N–H and O–H groups in total. The number of rotatable bonds is 4. The van der Waals surface area contributed by atoms with E-state index >= 15 is 0 Å². The fraction of sp³-hybridized carbons (Fsp3) is 0.625. The molecule has 1 saturated carbocycles. The number of hydrogen-bond acceptors (Lipinski definition) is 1. The third-order valence-corrected chi connectivity index (χ3v) is 5.11. The number of benzene rings is 1. The van der Waals surface area contributed by atoms with Crippen LogP contribution in [0.4, 0.5) is 4.39 Å². The largest absolute Gasteiger partial charge is 0.313 e. The molecule has 0 bridgehead atoms. The lowest BCUT2D eigenvalue weighted by Gasteiger charge is -2.34. The second kappa shape index (κ2) is 6.85. The van der Waals surface area contributed by atoms with Crippen LogP contribution >= 0.6 is 15.9 Å². The molecule has 0 aliphatic heterocycles. The summed E-state index contributed by atoms with van der Waals surface area (Å²) in [5, 5.41) is 3.34. The predicted octanol–water partition coefficient (Wildman–Crippen LogP) is 5.07. The van der Waals surface area contributed by atoms with E-state index in [1.807, 2.05) is 19.2 Å². The van der Waals surface area contributed by atoms with Gasteiger partial charge in [-0.2, -0.15) is 0 Å². The second-order valence-corrected chi connectivity index (χ2v) is 6.46. The molecule has 1 aliphatic carbocycles. The highest BCUT2D eigenvalue weighted by Gasteiger charge is 2.29. The Hall–Kier alpha value is -0.410. The molecule has 0 amide bonds. The first kappa shape index (κ1) is 15.0. The second-order valence-electron chi connectivity index (χ2n) is 5.61. The summed E-state index contributed by atoms with van der Waals surface area (Å²) in [5.74, 6) is 1.25. The van der Waals surface area contributed by atoms with E-state index in [0.717, 1.165) is 11.5 Å². The van der Waals surface area contributed by atoms with E-state index in [1.54, 1.807) is 6.07 Å². The van der Waals surface area contributed by atoms with Crippen LogP contribution < -0.4 is 5.32 Å². The summed E-state index contributed by atoms with van der Waals surface area (Å²) in [6.07, 6.45) is 6.27. The van der Waals surface area contributed by atoms with E-state index in [1.165, 1.54) is 32.1 Å². The summed E-state index contributed by atoms with van der Waals surface area (Å²) in [5.41, 5.74) is 0.804. The molecular weight excluding hydrogens is 305 g/mol. The van der Waals surface area contributed by atoms with Gasteiger partial charge in [-0.3, -0.25) is 0 Å². The molecule has 1 nitrogen and oxygen atoms in total. The van der Waals surface area contributed by atoms with E-state index in [-0.39, 0.29) is 11.9 Å². The zero-order valence-electron chi connectivity index (χ0n) is 11.8. The van der Waals surface area contributed by atoms with Gasteiger partial charge in [0.2, 0.25) is 0 Å². The molecule has 19 heavy (non-hydrogen) atoms. The van der Waals surface area contributed by atoms with Crippen LogP contribution in [0.3, 0.4) is 0 Å². The molecule has 3 atom stereocenters. The van der Waals surface area contributed by atoms with Crippen LogP contribution in [-0.4, -0.2) is 7.05 Å². The Morgan fingerprint density at radius 1 is 1.42 bits per heavy atom. The third kappa shape index (κ3) is 3.38. The van der Waals surface area contributed by atoms with Crippen molar-refractivity contribution in [3.8, 4) is 0 Å². The Morgan fingerprint density at radius 3 is 2.89 bits per heavy atom. The Balaban J connectivity index is 2.21. The molecule has 0 saturated heterocycles. The lowest BCUT2D eigenvalue weighted by atomic mass is 9.75. The van der Waals surface area contributed by atoms with Gasteiger partial charge in [0.15, 0.2) is 0 Å². The first-order valence-electron chi connectivity index (χ1n) is 7.28. The van der Waals surface area contributed by atoms with Crippen LogP contribution in [-0.2, 0) is 0 Å². The highest BCUT2D eigenvalue weighted by atomic mass is 79.9. The number of halogens is 2.